The van der Waals surface area contributed by atoms with Gasteiger partial charge in [-0.2, -0.15) is 0 Å². The average molecular weight is 315 g/mol. The number of amides is 3. The molecule has 3 amide bonds. The third kappa shape index (κ3) is 10.5. The molecule has 0 fully saturated rings. The first-order valence-electron chi connectivity index (χ1n) is 7.20. The molecule has 0 unspecified atom stereocenters. The molecule has 0 aromatic heterocycles. The van der Waals surface area contributed by atoms with Gasteiger partial charge in [-0.3, -0.25) is 0 Å². The minimum atomic E-state index is -0.537. The number of carbonyl (C=O) groups excluding carboxylic acids is 3. The lowest BCUT2D eigenvalue weighted by atomic mass is 10.3. The Morgan fingerprint density at radius 3 is 2.50 bits per heavy atom. The molecule has 0 spiro atoms. The summed E-state index contributed by atoms with van der Waals surface area (Å²) < 4.78 is 9.64. The van der Waals surface area contributed by atoms with Gasteiger partial charge in [-0.15, -0.1) is 0 Å². The fourth-order valence-corrected chi connectivity index (χ4v) is 1.30. The molecule has 0 bridgehead atoms. The van der Waals surface area contributed by atoms with Crippen LogP contribution < -0.4 is 10.6 Å². The minimum absolute atomic E-state index is 0.0702. The Kier molecular flexibility index (Phi) is 11.2. The van der Waals surface area contributed by atoms with Gasteiger partial charge in [-0.1, -0.05) is 19.9 Å². The maximum absolute atomic E-state index is 11.6. The Labute approximate surface area is 130 Å². The average Bonchev–Trinajstić information content (AvgIpc) is 2.51. The van der Waals surface area contributed by atoms with E-state index < -0.39 is 12.1 Å². The molecule has 8 heteroatoms. The standard InChI is InChI=1S/C14H25N3O5/c1-4-6-7-16-14(20)22-11-9-17(3)13(19)15-8-10-21-12(18)5-2/h5H,2,4,6-11H2,1,3H3,(H,15,19)(H,16,20). The Balaban J connectivity index is 3.67. The van der Waals surface area contributed by atoms with Gasteiger partial charge >= 0.3 is 18.1 Å². The second-order valence-electron chi connectivity index (χ2n) is 4.44. The summed E-state index contributed by atoms with van der Waals surface area (Å²) in [6, 6.07) is -0.343. The van der Waals surface area contributed by atoms with Crippen LogP contribution in [-0.2, 0) is 14.3 Å². The van der Waals surface area contributed by atoms with Crippen LogP contribution in [0.2, 0.25) is 0 Å². The van der Waals surface area contributed by atoms with Gasteiger partial charge in [0.2, 0.25) is 0 Å². The highest BCUT2D eigenvalue weighted by molar-refractivity contribution is 5.81. The third-order valence-electron chi connectivity index (χ3n) is 2.60. The number of likely N-dealkylation sites (N-methyl/N-ethyl adjacent to an activating group) is 1. The molecule has 0 aliphatic rings. The molecule has 2 N–H and O–H groups in total. The molecule has 0 radical (unpaired) electrons. The fraction of sp³-hybridized carbons (Fsp3) is 0.643. The SMILES string of the molecule is C=CC(=O)OCCNC(=O)N(C)CCOC(=O)NCCCC. The number of alkyl carbamates (subject to hydrolysis) is 1. The van der Waals surface area contributed by atoms with Gasteiger partial charge in [-0.25, -0.2) is 14.4 Å². The van der Waals surface area contributed by atoms with E-state index >= 15 is 0 Å². The Bertz CT molecular complexity index is 373. The van der Waals surface area contributed by atoms with Crippen molar-refractivity contribution in [2.75, 3.05) is 39.9 Å². The molecule has 0 heterocycles. The zero-order valence-corrected chi connectivity index (χ0v) is 13.2. The Morgan fingerprint density at radius 2 is 1.86 bits per heavy atom. The molecule has 0 saturated heterocycles. The molecule has 0 atom stereocenters. The lowest BCUT2D eigenvalue weighted by molar-refractivity contribution is -0.137. The normalized spacial score (nSPS) is 9.55. The number of ether oxygens (including phenoxy) is 2. The van der Waals surface area contributed by atoms with E-state index in [2.05, 4.69) is 17.2 Å². The van der Waals surface area contributed by atoms with Crippen molar-refractivity contribution >= 4 is 18.1 Å². The smallest absolute Gasteiger partial charge is 0.407 e. The predicted molar refractivity (Wildman–Crippen MR) is 81.4 cm³/mol. The molecular weight excluding hydrogens is 290 g/mol. The highest BCUT2D eigenvalue weighted by Crippen LogP contribution is 1.88. The van der Waals surface area contributed by atoms with Crippen molar-refractivity contribution in [1.82, 2.24) is 15.5 Å². The second kappa shape index (κ2) is 12.5. The van der Waals surface area contributed by atoms with Gasteiger partial charge in [0.25, 0.3) is 0 Å². The summed E-state index contributed by atoms with van der Waals surface area (Å²) in [5.74, 6) is -0.537. The van der Waals surface area contributed by atoms with E-state index in [-0.39, 0.29) is 32.3 Å². The molecule has 0 rings (SSSR count). The fourth-order valence-electron chi connectivity index (χ4n) is 1.30. The lowest BCUT2D eigenvalue weighted by Gasteiger charge is -2.17. The van der Waals surface area contributed by atoms with Gasteiger partial charge < -0.3 is 25.0 Å². The van der Waals surface area contributed by atoms with Crippen molar-refractivity contribution in [2.45, 2.75) is 19.8 Å². The number of urea groups is 1. The largest absolute Gasteiger partial charge is 0.461 e. The van der Waals surface area contributed by atoms with Gasteiger partial charge in [0.15, 0.2) is 0 Å². The van der Waals surface area contributed by atoms with E-state index in [4.69, 9.17) is 9.47 Å². The topological polar surface area (TPSA) is 97.0 Å². The number of carbonyl (C=O) groups is 3. The van der Waals surface area contributed by atoms with Crippen molar-refractivity contribution in [1.29, 1.82) is 0 Å². The number of hydrogen-bond donors (Lipinski definition) is 2. The number of nitrogens with zero attached hydrogens (tertiary/aromatic N) is 1. The van der Waals surface area contributed by atoms with Crippen LogP contribution in [0.3, 0.4) is 0 Å². The molecule has 8 nitrogen and oxygen atoms in total. The first-order chi connectivity index (χ1) is 10.5. The van der Waals surface area contributed by atoms with Crippen molar-refractivity contribution in [3.63, 3.8) is 0 Å². The summed E-state index contributed by atoms with van der Waals surface area (Å²) in [5.41, 5.74) is 0. The van der Waals surface area contributed by atoms with E-state index in [0.29, 0.717) is 6.54 Å². The van der Waals surface area contributed by atoms with Crippen LogP contribution in [0.15, 0.2) is 12.7 Å². The van der Waals surface area contributed by atoms with Crippen molar-refractivity contribution in [3.8, 4) is 0 Å². The van der Waals surface area contributed by atoms with Crippen LogP contribution in [0, 0.1) is 0 Å². The molecule has 22 heavy (non-hydrogen) atoms. The van der Waals surface area contributed by atoms with Gasteiger partial charge in [0, 0.05) is 19.7 Å². The van der Waals surface area contributed by atoms with Crippen LogP contribution in [0.4, 0.5) is 9.59 Å². The van der Waals surface area contributed by atoms with Crippen molar-refractivity contribution < 1.29 is 23.9 Å². The summed E-state index contributed by atoms with van der Waals surface area (Å²) in [7, 11) is 1.57. The van der Waals surface area contributed by atoms with E-state index in [1.807, 2.05) is 6.92 Å². The van der Waals surface area contributed by atoms with Crippen LogP contribution in [-0.4, -0.2) is 62.9 Å². The zero-order chi connectivity index (χ0) is 16.8. The first kappa shape index (κ1) is 19.8. The van der Waals surface area contributed by atoms with Crippen LogP contribution >= 0.6 is 0 Å². The minimum Gasteiger partial charge on any atom is -0.461 e. The molecular formula is C14H25N3O5. The Hall–Kier alpha value is -2.25. The summed E-state index contributed by atoms with van der Waals surface area (Å²) in [6.07, 6.45) is 2.45. The van der Waals surface area contributed by atoms with Gasteiger partial charge in [0.05, 0.1) is 13.1 Å². The summed E-state index contributed by atoms with van der Waals surface area (Å²) in [6.45, 7) is 6.50. The summed E-state index contributed by atoms with van der Waals surface area (Å²) in [5, 5.41) is 5.17. The number of esters is 1. The van der Waals surface area contributed by atoms with Crippen LogP contribution in [0.5, 0.6) is 0 Å². The predicted octanol–water partition coefficient (Wildman–Crippen LogP) is 0.883. The molecule has 0 aromatic carbocycles. The summed E-state index contributed by atoms with van der Waals surface area (Å²) >= 11 is 0. The highest BCUT2D eigenvalue weighted by Gasteiger charge is 2.09. The number of nitrogens with one attached hydrogen (secondary N) is 2. The number of rotatable bonds is 10. The number of unbranched alkanes of at least 4 members (excludes halogenated alkanes) is 1. The molecule has 0 aliphatic heterocycles. The molecule has 126 valence electrons. The molecule has 0 aliphatic carbocycles. The maximum Gasteiger partial charge on any atom is 0.407 e. The third-order valence-corrected chi connectivity index (χ3v) is 2.60. The quantitative estimate of drug-likeness (QED) is 0.354. The van der Waals surface area contributed by atoms with E-state index in [9.17, 15) is 14.4 Å². The van der Waals surface area contributed by atoms with Crippen molar-refractivity contribution in [3.05, 3.63) is 12.7 Å². The van der Waals surface area contributed by atoms with E-state index in [0.717, 1.165) is 18.9 Å². The number of hydrogen-bond acceptors (Lipinski definition) is 5. The molecule has 0 aromatic rings. The van der Waals surface area contributed by atoms with Crippen LogP contribution in [0.25, 0.3) is 0 Å². The molecule has 0 saturated carbocycles. The van der Waals surface area contributed by atoms with E-state index in [1.165, 1.54) is 4.90 Å². The zero-order valence-electron chi connectivity index (χ0n) is 13.2. The second-order valence-corrected chi connectivity index (χ2v) is 4.44. The monoisotopic (exact) mass is 315 g/mol. The van der Waals surface area contributed by atoms with Gasteiger partial charge in [-0.05, 0) is 6.42 Å². The van der Waals surface area contributed by atoms with Gasteiger partial charge in [0.1, 0.15) is 13.2 Å². The summed E-state index contributed by atoms with van der Waals surface area (Å²) in [4.78, 5) is 35.0. The van der Waals surface area contributed by atoms with Crippen LogP contribution in [0.1, 0.15) is 19.8 Å². The lowest BCUT2D eigenvalue weighted by Crippen LogP contribution is -2.41. The maximum atomic E-state index is 11.6. The highest BCUT2D eigenvalue weighted by atomic mass is 16.5. The van der Waals surface area contributed by atoms with E-state index in [1.54, 1.807) is 7.05 Å². The first-order valence-corrected chi connectivity index (χ1v) is 7.20. The van der Waals surface area contributed by atoms with Crippen molar-refractivity contribution in [2.24, 2.45) is 0 Å². The Morgan fingerprint density at radius 1 is 1.14 bits per heavy atom.